The number of rotatable bonds is 3. The Hall–Kier alpha value is -1.51. The zero-order valence-corrected chi connectivity index (χ0v) is 12.0. The Morgan fingerprint density at radius 3 is 2.79 bits per heavy atom. The molecule has 1 aromatic carbocycles. The second kappa shape index (κ2) is 4.55. The Morgan fingerprint density at radius 1 is 1.42 bits per heavy atom. The fraction of sp³-hybridized carbons (Fsp3) is 0.467. The summed E-state index contributed by atoms with van der Waals surface area (Å²) in [5, 5.41) is 1.16. The van der Waals surface area contributed by atoms with Crippen LogP contribution in [0.5, 0.6) is 0 Å². The zero-order chi connectivity index (χ0) is 13.5. The summed E-state index contributed by atoms with van der Waals surface area (Å²) in [6.45, 7) is 4.31. The number of thiazole rings is 1. The first-order valence-electron chi connectivity index (χ1n) is 6.65. The molecule has 1 heterocycles. The van der Waals surface area contributed by atoms with E-state index < -0.39 is 0 Å². The maximum absolute atomic E-state index is 10.6. The summed E-state index contributed by atoms with van der Waals surface area (Å²) in [7, 11) is 0. The van der Waals surface area contributed by atoms with E-state index in [1.54, 1.807) is 17.4 Å². The van der Waals surface area contributed by atoms with Crippen LogP contribution in [-0.2, 0) is 10.3 Å². The molecule has 0 spiro atoms. The molecule has 0 saturated heterocycles. The van der Waals surface area contributed by atoms with E-state index in [1.807, 2.05) is 0 Å². The fourth-order valence-corrected chi connectivity index (χ4v) is 3.50. The lowest BCUT2D eigenvalue weighted by Crippen LogP contribution is -2.31. The highest BCUT2D eigenvalue weighted by atomic mass is 32.1. The van der Waals surface area contributed by atoms with Crippen LogP contribution < -0.4 is 0 Å². The van der Waals surface area contributed by atoms with Crippen molar-refractivity contribution >= 4 is 27.6 Å². The van der Waals surface area contributed by atoms with E-state index in [4.69, 9.17) is 0 Å². The molecule has 0 amide bonds. The quantitative estimate of drug-likeness (QED) is 0.622. The first kappa shape index (κ1) is 12.5. The molecular formula is C15H16N2OS. The van der Waals surface area contributed by atoms with Crippen LogP contribution in [0.25, 0.3) is 10.2 Å². The fourth-order valence-electron chi connectivity index (χ4n) is 2.55. The molecule has 0 unspecified atom stereocenters. The SMILES string of the molecule is CC(C)c1nc2cc(C3(N=C=O)CCC3)ccc2s1. The van der Waals surface area contributed by atoms with Crippen LogP contribution in [-0.4, -0.2) is 11.1 Å². The average Bonchev–Trinajstić information content (AvgIpc) is 2.76. The Labute approximate surface area is 116 Å². The van der Waals surface area contributed by atoms with Crippen molar-refractivity contribution in [1.82, 2.24) is 4.98 Å². The minimum absolute atomic E-state index is 0.322. The summed E-state index contributed by atoms with van der Waals surface area (Å²) < 4.78 is 1.21. The molecule has 0 radical (unpaired) electrons. The molecule has 3 nitrogen and oxygen atoms in total. The van der Waals surface area contributed by atoms with Gasteiger partial charge in [0, 0.05) is 5.92 Å². The van der Waals surface area contributed by atoms with Crippen LogP contribution in [0.2, 0.25) is 0 Å². The van der Waals surface area contributed by atoms with Crippen LogP contribution in [0, 0.1) is 0 Å². The third-order valence-electron chi connectivity index (χ3n) is 3.88. The lowest BCUT2D eigenvalue weighted by atomic mass is 9.72. The van der Waals surface area contributed by atoms with Gasteiger partial charge in [0.15, 0.2) is 0 Å². The third-order valence-corrected chi connectivity index (χ3v) is 5.21. The number of nitrogens with zero attached hydrogens (tertiary/aromatic N) is 2. The van der Waals surface area contributed by atoms with Gasteiger partial charge < -0.3 is 0 Å². The van der Waals surface area contributed by atoms with E-state index >= 15 is 0 Å². The van der Waals surface area contributed by atoms with Gasteiger partial charge in [-0.3, -0.25) is 0 Å². The van der Waals surface area contributed by atoms with Gasteiger partial charge in [-0.15, -0.1) is 11.3 Å². The molecule has 1 aliphatic carbocycles. The highest BCUT2D eigenvalue weighted by Gasteiger charge is 2.39. The van der Waals surface area contributed by atoms with Gasteiger partial charge in [0.2, 0.25) is 6.08 Å². The van der Waals surface area contributed by atoms with E-state index in [0.29, 0.717) is 5.92 Å². The van der Waals surface area contributed by atoms with Gasteiger partial charge in [0.05, 0.1) is 20.8 Å². The Morgan fingerprint density at radius 2 is 2.21 bits per heavy atom. The van der Waals surface area contributed by atoms with Crippen molar-refractivity contribution in [2.75, 3.05) is 0 Å². The number of hydrogen-bond donors (Lipinski definition) is 0. The number of hydrogen-bond acceptors (Lipinski definition) is 4. The standard InChI is InChI=1S/C15H16N2OS/c1-10(2)14-17-12-8-11(4-5-13(12)19-14)15(16-9-18)6-3-7-15/h4-5,8,10H,3,6-7H2,1-2H3. The topological polar surface area (TPSA) is 42.3 Å². The van der Waals surface area contributed by atoms with Gasteiger partial charge in [-0.25, -0.2) is 9.78 Å². The minimum atomic E-state index is -0.322. The Kier molecular flexibility index (Phi) is 3.00. The molecule has 19 heavy (non-hydrogen) atoms. The van der Waals surface area contributed by atoms with Gasteiger partial charge in [0.1, 0.15) is 0 Å². The van der Waals surface area contributed by atoms with Gasteiger partial charge >= 0.3 is 0 Å². The van der Waals surface area contributed by atoms with Crippen LogP contribution in [0.1, 0.15) is 49.6 Å². The van der Waals surface area contributed by atoms with Crippen LogP contribution in [0.15, 0.2) is 23.2 Å². The second-order valence-electron chi connectivity index (χ2n) is 5.48. The minimum Gasteiger partial charge on any atom is -0.241 e. The molecule has 0 bridgehead atoms. The highest BCUT2D eigenvalue weighted by Crippen LogP contribution is 2.45. The molecule has 1 fully saturated rings. The summed E-state index contributed by atoms with van der Waals surface area (Å²) in [6, 6.07) is 6.29. The van der Waals surface area contributed by atoms with Crippen molar-refractivity contribution in [2.45, 2.75) is 44.6 Å². The lowest BCUT2D eigenvalue weighted by molar-refractivity contribution is 0.256. The van der Waals surface area contributed by atoms with Crippen LogP contribution in [0.4, 0.5) is 0 Å². The van der Waals surface area contributed by atoms with E-state index in [0.717, 1.165) is 35.4 Å². The van der Waals surface area contributed by atoms with Crippen molar-refractivity contribution in [3.8, 4) is 0 Å². The van der Waals surface area contributed by atoms with Crippen molar-refractivity contribution in [1.29, 1.82) is 0 Å². The second-order valence-corrected chi connectivity index (χ2v) is 6.54. The lowest BCUT2D eigenvalue weighted by Gasteiger charge is -2.37. The van der Waals surface area contributed by atoms with Crippen molar-refractivity contribution in [2.24, 2.45) is 4.99 Å². The van der Waals surface area contributed by atoms with Crippen molar-refractivity contribution in [3.05, 3.63) is 28.8 Å². The number of isocyanates is 1. The molecular weight excluding hydrogens is 256 g/mol. The molecule has 0 aliphatic heterocycles. The number of carbonyl (C=O) groups excluding carboxylic acids is 1. The number of fused-ring (bicyclic) bond motifs is 1. The maximum atomic E-state index is 10.6. The Bertz CT molecular complexity index is 664. The van der Waals surface area contributed by atoms with E-state index in [9.17, 15) is 4.79 Å². The monoisotopic (exact) mass is 272 g/mol. The Balaban J connectivity index is 2.08. The van der Waals surface area contributed by atoms with E-state index in [1.165, 1.54) is 4.70 Å². The van der Waals surface area contributed by atoms with Gasteiger partial charge in [-0.05, 0) is 37.0 Å². The molecule has 2 aromatic rings. The molecule has 0 N–H and O–H groups in total. The predicted molar refractivity (Wildman–Crippen MR) is 77.4 cm³/mol. The summed E-state index contributed by atoms with van der Waals surface area (Å²) in [4.78, 5) is 19.4. The first-order chi connectivity index (χ1) is 9.14. The van der Waals surface area contributed by atoms with Gasteiger partial charge in [-0.1, -0.05) is 19.9 Å². The maximum Gasteiger partial charge on any atom is 0.235 e. The molecule has 0 atom stereocenters. The molecule has 3 rings (SSSR count). The third kappa shape index (κ3) is 2.01. The molecule has 1 aromatic heterocycles. The first-order valence-corrected chi connectivity index (χ1v) is 7.46. The van der Waals surface area contributed by atoms with Crippen molar-refractivity contribution < 1.29 is 4.79 Å². The summed E-state index contributed by atoms with van der Waals surface area (Å²) >= 11 is 1.74. The van der Waals surface area contributed by atoms with Crippen molar-refractivity contribution in [3.63, 3.8) is 0 Å². The van der Waals surface area contributed by atoms with E-state index in [2.05, 4.69) is 42.0 Å². The van der Waals surface area contributed by atoms with Gasteiger partial charge in [0.25, 0.3) is 0 Å². The van der Waals surface area contributed by atoms with E-state index in [-0.39, 0.29) is 5.54 Å². The zero-order valence-electron chi connectivity index (χ0n) is 11.1. The van der Waals surface area contributed by atoms with Gasteiger partial charge in [-0.2, -0.15) is 4.99 Å². The molecule has 98 valence electrons. The number of aromatic nitrogens is 1. The van der Waals surface area contributed by atoms with Crippen LogP contribution in [0.3, 0.4) is 0 Å². The smallest absolute Gasteiger partial charge is 0.235 e. The average molecular weight is 272 g/mol. The highest BCUT2D eigenvalue weighted by molar-refractivity contribution is 7.18. The van der Waals surface area contributed by atoms with Crippen LogP contribution >= 0.6 is 11.3 Å². The summed E-state index contributed by atoms with van der Waals surface area (Å²) in [5.74, 6) is 0.450. The summed E-state index contributed by atoms with van der Waals surface area (Å²) in [5.41, 5.74) is 1.81. The summed E-state index contributed by atoms with van der Waals surface area (Å²) in [6.07, 6.45) is 4.74. The number of benzene rings is 1. The molecule has 4 heteroatoms. The molecule has 1 saturated carbocycles. The largest absolute Gasteiger partial charge is 0.241 e. The number of aliphatic imine (C=N–C) groups is 1. The predicted octanol–water partition coefficient (Wildman–Crippen LogP) is 4.13. The molecule has 1 aliphatic rings. The normalized spacial score (nSPS) is 17.2.